The van der Waals surface area contributed by atoms with Crippen molar-refractivity contribution < 1.29 is 30.0 Å². The number of aliphatic hydroxyl groups is 3. The Hall–Kier alpha value is -0.730. The van der Waals surface area contributed by atoms with Gasteiger partial charge in [-0.15, -0.1) is 0 Å². The van der Waals surface area contributed by atoms with Crippen molar-refractivity contribution in [3.63, 3.8) is 0 Å². The number of hydrogen-bond donors (Lipinski definition) is 5. The lowest BCUT2D eigenvalue weighted by molar-refractivity contribution is -0.149. The van der Waals surface area contributed by atoms with E-state index in [-0.39, 0.29) is 12.6 Å². The third-order valence-electron chi connectivity index (χ3n) is 3.00. The van der Waals surface area contributed by atoms with Gasteiger partial charge in [-0.2, -0.15) is 0 Å². The van der Waals surface area contributed by atoms with Crippen LogP contribution in [0.2, 0.25) is 0 Å². The van der Waals surface area contributed by atoms with E-state index in [2.05, 4.69) is 5.32 Å². The summed E-state index contributed by atoms with van der Waals surface area (Å²) < 4.78 is 5.24. The standard InChI is InChI=1S/C10H19NO6/c12-4-10(5-13,6-14)11-3-7-1-2-8(17-7)9(15)16/h7-8,11-14H,1-6H2,(H,15,16). The van der Waals surface area contributed by atoms with Crippen LogP contribution >= 0.6 is 0 Å². The number of carbonyl (C=O) groups is 1. The summed E-state index contributed by atoms with van der Waals surface area (Å²) in [4.78, 5) is 10.7. The number of aliphatic carboxylic acids is 1. The molecule has 7 heteroatoms. The topological polar surface area (TPSA) is 119 Å². The van der Waals surface area contributed by atoms with Crippen molar-refractivity contribution in [3.05, 3.63) is 0 Å². The van der Waals surface area contributed by atoms with E-state index in [4.69, 9.17) is 25.2 Å². The Labute approximate surface area is 99.0 Å². The Balaban J connectivity index is 2.38. The molecule has 0 aromatic rings. The maximum atomic E-state index is 10.7. The summed E-state index contributed by atoms with van der Waals surface area (Å²) in [7, 11) is 0. The number of ether oxygens (including phenoxy) is 1. The second kappa shape index (κ2) is 6.27. The lowest BCUT2D eigenvalue weighted by Gasteiger charge is -2.30. The lowest BCUT2D eigenvalue weighted by Crippen LogP contribution is -2.56. The highest BCUT2D eigenvalue weighted by atomic mass is 16.5. The van der Waals surface area contributed by atoms with E-state index in [1.54, 1.807) is 0 Å². The van der Waals surface area contributed by atoms with Crippen LogP contribution in [-0.4, -0.2) is 70.5 Å². The Morgan fingerprint density at radius 3 is 2.24 bits per heavy atom. The third kappa shape index (κ3) is 3.62. The maximum absolute atomic E-state index is 10.7. The Morgan fingerprint density at radius 1 is 1.24 bits per heavy atom. The first-order valence-corrected chi connectivity index (χ1v) is 5.53. The summed E-state index contributed by atoms with van der Waals surface area (Å²) in [6.45, 7) is -0.940. The minimum absolute atomic E-state index is 0.278. The quantitative estimate of drug-likeness (QED) is 0.351. The predicted octanol–water partition coefficient (Wildman–Crippen LogP) is -2.08. The van der Waals surface area contributed by atoms with Gasteiger partial charge in [0.15, 0.2) is 6.10 Å². The van der Waals surface area contributed by atoms with Crippen molar-refractivity contribution in [2.45, 2.75) is 30.6 Å². The van der Waals surface area contributed by atoms with E-state index in [1.165, 1.54) is 0 Å². The molecular formula is C10H19NO6. The normalized spacial score (nSPS) is 25.1. The fourth-order valence-corrected chi connectivity index (χ4v) is 1.69. The second-order valence-corrected chi connectivity index (χ2v) is 4.30. The van der Waals surface area contributed by atoms with Crippen LogP contribution in [0, 0.1) is 0 Å². The Kier molecular flexibility index (Phi) is 5.29. The molecule has 0 saturated carbocycles. The van der Waals surface area contributed by atoms with Crippen molar-refractivity contribution in [2.75, 3.05) is 26.4 Å². The SMILES string of the molecule is O=C(O)C1CCC(CNC(CO)(CO)CO)O1. The zero-order chi connectivity index (χ0) is 12.9. The number of hydrogen-bond acceptors (Lipinski definition) is 6. The molecule has 1 rings (SSSR count). The molecule has 0 aliphatic carbocycles. The first kappa shape index (κ1) is 14.3. The molecule has 0 aromatic carbocycles. The van der Waals surface area contributed by atoms with Gasteiger partial charge in [-0.25, -0.2) is 4.79 Å². The van der Waals surface area contributed by atoms with E-state index in [0.29, 0.717) is 12.8 Å². The fourth-order valence-electron chi connectivity index (χ4n) is 1.69. The van der Waals surface area contributed by atoms with Gasteiger partial charge in [-0.05, 0) is 12.8 Å². The molecule has 0 aromatic heterocycles. The van der Waals surface area contributed by atoms with Gasteiger partial charge in [0.25, 0.3) is 0 Å². The summed E-state index contributed by atoms with van der Waals surface area (Å²) in [6.07, 6.45) is -0.0114. The van der Waals surface area contributed by atoms with Crippen LogP contribution in [0.15, 0.2) is 0 Å². The average molecular weight is 249 g/mol. The predicted molar refractivity (Wildman–Crippen MR) is 57.5 cm³/mol. The molecule has 7 nitrogen and oxygen atoms in total. The minimum atomic E-state index is -1.15. The third-order valence-corrected chi connectivity index (χ3v) is 3.00. The fraction of sp³-hybridized carbons (Fsp3) is 0.900. The molecule has 0 bridgehead atoms. The average Bonchev–Trinajstić information content (AvgIpc) is 2.81. The van der Waals surface area contributed by atoms with E-state index >= 15 is 0 Å². The molecule has 2 unspecified atom stereocenters. The molecule has 0 radical (unpaired) electrons. The van der Waals surface area contributed by atoms with Crippen LogP contribution in [-0.2, 0) is 9.53 Å². The van der Waals surface area contributed by atoms with E-state index < -0.39 is 37.4 Å². The molecule has 17 heavy (non-hydrogen) atoms. The van der Waals surface area contributed by atoms with Crippen LogP contribution < -0.4 is 5.32 Å². The van der Waals surface area contributed by atoms with Crippen LogP contribution in [0.1, 0.15) is 12.8 Å². The first-order valence-electron chi connectivity index (χ1n) is 5.53. The molecule has 1 aliphatic rings. The highest BCUT2D eigenvalue weighted by molar-refractivity contribution is 5.72. The molecule has 1 aliphatic heterocycles. The van der Waals surface area contributed by atoms with Gasteiger partial charge >= 0.3 is 5.97 Å². The van der Waals surface area contributed by atoms with Gasteiger partial charge < -0.3 is 30.5 Å². The molecule has 1 saturated heterocycles. The zero-order valence-corrected chi connectivity index (χ0v) is 9.50. The van der Waals surface area contributed by atoms with Crippen LogP contribution in [0.3, 0.4) is 0 Å². The first-order chi connectivity index (χ1) is 8.06. The molecule has 1 fully saturated rings. The van der Waals surface area contributed by atoms with Gasteiger partial charge in [0, 0.05) is 6.54 Å². The van der Waals surface area contributed by atoms with Crippen molar-refractivity contribution in [2.24, 2.45) is 0 Å². The Morgan fingerprint density at radius 2 is 1.82 bits per heavy atom. The second-order valence-electron chi connectivity index (χ2n) is 4.30. The summed E-state index contributed by atoms with van der Waals surface area (Å²) in [5, 5.41) is 38.8. The summed E-state index contributed by atoms with van der Waals surface area (Å²) in [6, 6.07) is 0. The molecule has 2 atom stereocenters. The van der Waals surface area contributed by atoms with Crippen LogP contribution in [0.5, 0.6) is 0 Å². The van der Waals surface area contributed by atoms with Crippen LogP contribution in [0.4, 0.5) is 0 Å². The van der Waals surface area contributed by atoms with Crippen molar-refractivity contribution in [1.82, 2.24) is 5.32 Å². The highest BCUT2D eigenvalue weighted by Crippen LogP contribution is 2.19. The van der Waals surface area contributed by atoms with Crippen LogP contribution in [0.25, 0.3) is 0 Å². The van der Waals surface area contributed by atoms with E-state index in [1.807, 2.05) is 0 Å². The maximum Gasteiger partial charge on any atom is 0.332 e. The van der Waals surface area contributed by atoms with Gasteiger partial charge in [0.1, 0.15) is 0 Å². The summed E-state index contributed by atoms with van der Waals surface area (Å²) in [5.41, 5.74) is -1.15. The van der Waals surface area contributed by atoms with E-state index in [0.717, 1.165) is 0 Å². The molecule has 5 N–H and O–H groups in total. The summed E-state index contributed by atoms with van der Waals surface area (Å²) in [5.74, 6) is -0.981. The number of aliphatic hydroxyl groups excluding tert-OH is 3. The van der Waals surface area contributed by atoms with Gasteiger partial charge in [-0.3, -0.25) is 0 Å². The largest absolute Gasteiger partial charge is 0.479 e. The van der Waals surface area contributed by atoms with Gasteiger partial charge in [0.2, 0.25) is 0 Å². The molecular weight excluding hydrogens is 230 g/mol. The smallest absolute Gasteiger partial charge is 0.332 e. The molecule has 0 amide bonds. The minimum Gasteiger partial charge on any atom is -0.479 e. The number of rotatable bonds is 7. The number of nitrogens with one attached hydrogen (secondary N) is 1. The molecule has 0 spiro atoms. The van der Waals surface area contributed by atoms with E-state index in [9.17, 15) is 4.79 Å². The zero-order valence-electron chi connectivity index (χ0n) is 9.50. The Bertz CT molecular complexity index is 247. The number of carboxylic acids is 1. The van der Waals surface area contributed by atoms with Gasteiger partial charge in [-0.1, -0.05) is 0 Å². The van der Waals surface area contributed by atoms with Crippen molar-refractivity contribution in [3.8, 4) is 0 Å². The lowest BCUT2D eigenvalue weighted by atomic mass is 10.0. The summed E-state index contributed by atoms with van der Waals surface area (Å²) >= 11 is 0. The van der Waals surface area contributed by atoms with Gasteiger partial charge in [0.05, 0.1) is 31.5 Å². The molecule has 100 valence electrons. The highest BCUT2D eigenvalue weighted by Gasteiger charge is 2.33. The molecule has 1 heterocycles. The van der Waals surface area contributed by atoms with Crippen molar-refractivity contribution in [1.29, 1.82) is 0 Å². The monoisotopic (exact) mass is 249 g/mol. The van der Waals surface area contributed by atoms with Crippen molar-refractivity contribution >= 4 is 5.97 Å². The number of carboxylic acid groups (broad SMARTS) is 1.